The van der Waals surface area contributed by atoms with Gasteiger partial charge in [0.05, 0.1) is 6.54 Å². The molecular formula is C23H24N2O2. The van der Waals surface area contributed by atoms with Gasteiger partial charge in [-0.15, -0.1) is 0 Å². The van der Waals surface area contributed by atoms with E-state index in [1.165, 1.54) is 5.56 Å². The van der Waals surface area contributed by atoms with E-state index in [9.17, 15) is 4.79 Å². The van der Waals surface area contributed by atoms with Gasteiger partial charge in [0.1, 0.15) is 11.6 Å². The van der Waals surface area contributed by atoms with E-state index >= 15 is 0 Å². The Balaban J connectivity index is 1.79. The maximum absolute atomic E-state index is 13.0. The summed E-state index contributed by atoms with van der Waals surface area (Å²) in [6.07, 6.45) is 1.69. The van der Waals surface area contributed by atoms with Gasteiger partial charge < -0.3 is 4.74 Å². The molecule has 0 radical (unpaired) electrons. The van der Waals surface area contributed by atoms with Crippen molar-refractivity contribution in [3.63, 3.8) is 0 Å². The molecule has 1 heterocycles. The van der Waals surface area contributed by atoms with Gasteiger partial charge in [-0.25, -0.2) is 4.98 Å². The van der Waals surface area contributed by atoms with Crippen LogP contribution in [0, 0.1) is 20.8 Å². The second kappa shape index (κ2) is 8.49. The number of hydrogen-bond acceptors (Lipinski definition) is 3. The number of benzene rings is 2. The molecule has 138 valence electrons. The molecule has 4 heteroatoms. The van der Waals surface area contributed by atoms with Crippen LogP contribution in [0.2, 0.25) is 0 Å². The zero-order valence-electron chi connectivity index (χ0n) is 16.0. The van der Waals surface area contributed by atoms with Gasteiger partial charge >= 0.3 is 0 Å². The second-order valence-corrected chi connectivity index (χ2v) is 6.67. The lowest BCUT2D eigenvalue weighted by Crippen LogP contribution is -2.35. The number of nitrogens with zero attached hydrogens (tertiary/aromatic N) is 2. The van der Waals surface area contributed by atoms with Crippen molar-refractivity contribution < 1.29 is 9.53 Å². The Hall–Kier alpha value is -3.14. The first-order valence-corrected chi connectivity index (χ1v) is 9.00. The largest absolute Gasteiger partial charge is 0.483 e. The number of aromatic nitrogens is 1. The molecule has 0 unspecified atom stereocenters. The van der Waals surface area contributed by atoms with E-state index in [0.29, 0.717) is 12.4 Å². The van der Waals surface area contributed by atoms with Crippen LogP contribution in [0.4, 0.5) is 5.82 Å². The fourth-order valence-corrected chi connectivity index (χ4v) is 3.18. The summed E-state index contributed by atoms with van der Waals surface area (Å²) < 4.78 is 5.91. The van der Waals surface area contributed by atoms with Crippen molar-refractivity contribution in [1.82, 2.24) is 4.98 Å². The Labute approximate surface area is 160 Å². The van der Waals surface area contributed by atoms with Crippen LogP contribution in [0.15, 0.2) is 66.9 Å². The first-order valence-electron chi connectivity index (χ1n) is 9.00. The molecule has 0 saturated carbocycles. The van der Waals surface area contributed by atoms with Crippen molar-refractivity contribution in [1.29, 1.82) is 0 Å². The minimum absolute atomic E-state index is 0.0336. The van der Waals surface area contributed by atoms with Crippen LogP contribution in [0.25, 0.3) is 0 Å². The number of hydrogen-bond donors (Lipinski definition) is 0. The molecule has 27 heavy (non-hydrogen) atoms. The van der Waals surface area contributed by atoms with Crippen LogP contribution in [0.1, 0.15) is 22.3 Å². The molecule has 1 aromatic heterocycles. The van der Waals surface area contributed by atoms with E-state index in [2.05, 4.69) is 24.0 Å². The molecule has 0 N–H and O–H groups in total. The number of amides is 1. The number of anilines is 1. The first-order chi connectivity index (χ1) is 13.0. The summed E-state index contributed by atoms with van der Waals surface area (Å²) in [5.41, 5.74) is 4.29. The van der Waals surface area contributed by atoms with Crippen molar-refractivity contribution in [2.75, 3.05) is 11.5 Å². The normalized spacial score (nSPS) is 10.5. The Morgan fingerprint density at radius 1 is 0.963 bits per heavy atom. The lowest BCUT2D eigenvalue weighted by atomic mass is 10.1. The fourth-order valence-electron chi connectivity index (χ4n) is 3.18. The molecule has 3 rings (SSSR count). The van der Waals surface area contributed by atoms with E-state index in [-0.39, 0.29) is 12.5 Å². The molecule has 0 spiro atoms. The van der Waals surface area contributed by atoms with E-state index in [1.54, 1.807) is 11.1 Å². The molecule has 0 atom stereocenters. The molecule has 3 aromatic rings. The molecule has 0 bridgehead atoms. The summed E-state index contributed by atoms with van der Waals surface area (Å²) in [7, 11) is 0. The van der Waals surface area contributed by atoms with Gasteiger partial charge in [-0.05, 0) is 49.6 Å². The van der Waals surface area contributed by atoms with Crippen LogP contribution in [0.5, 0.6) is 5.75 Å². The highest BCUT2D eigenvalue weighted by molar-refractivity contribution is 5.93. The molecule has 0 saturated heterocycles. The first kappa shape index (κ1) is 18.6. The van der Waals surface area contributed by atoms with Crippen LogP contribution in [-0.2, 0) is 11.3 Å². The average molecular weight is 360 g/mol. The predicted molar refractivity (Wildman–Crippen MR) is 108 cm³/mol. The minimum atomic E-state index is -0.128. The molecule has 0 fully saturated rings. The third kappa shape index (κ3) is 4.73. The molecule has 0 aliphatic rings. The van der Waals surface area contributed by atoms with Crippen molar-refractivity contribution in [3.05, 3.63) is 89.1 Å². The molecule has 0 aliphatic heterocycles. The topological polar surface area (TPSA) is 42.4 Å². The van der Waals surface area contributed by atoms with E-state index in [1.807, 2.05) is 62.4 Å². The van der Waals surface area contributed by atoms with Crippen molar-refractivity contribution in [2.24, 2.45) is 0 Å². The summed E-state index contributed by atoms with van der Waals surface area (Å²) in [6, 6.07) is 19.6. The minimum Gasteiger partial charge on any atom is -0.483 e. The van der Waals surface area contributed by atoms with Crippen LogP contribution in [0.3, 0.4) is 0 Å². The number of rotatable bonds is 6. The van der Waals surface area contributed by atoms with Crippen molar-refractivity contribution in [2.45, 2.75) is 27.3 Å². The zero-order valence-corrected chi connectivity index (χ0v) is 16.0. The summed E-state index contributed by atoms with van der Waals surface area (Å²) in [5, 5.41) is 0. The maximum atomic E-state index is 13.0. The van der Waals surface area contributed by atoms with Crippen molar-refractivity contribution >= 4 is 11.7 Å². The summed E-state index contributed by atoms with van der Waals surface area (Å²) in [4.78, 5) is 19.0. The van der Waals surface area contributed by atoms with E-state index in [0.717, 1.165) is 22.4 Å². The molecule has 1 amide bonds. The smallest absolute Gasteiger partial charge is 0.266 e. The number of carbonyl (C=O) groups is 1. The Morgan fingerprint density at radius 2 is 1.63 bits per heavy atom. The molecule has 4 nitrogen and oxygen atoms in total. The molecule has 2 aromatic carbocycles. The molecular weight excluding hydrogens is 336 g/mol. The fraction of sp³-hybridized carbons (Fsp3) is 0.217. The monoisotopic (exact) mass is 360 g/mol. The van der Waals surface area contributed by atoms with E-state index in [4.69, 9.17) is 4.74 Å². The summed E-state index contributed by atoms with van der Waals surface area (Å²) >= 11 is 0. The highest BCUT2D eigenvalue weighted by atomic mass is 16.5. The number of aryl methyl sites for hydroxylation is 3. The quantitative estimate of drug-likeness (QED) is 0.644. The Bertz CT molecular complexity index is 885. The van der Waals surface area contributed by atoms with Gasteiger partial charge in [0.25, 0.3) is 5.91 Å². The zero-order chi connectivity index (χ0) is 19.2. The second-order valence-electron chi connectivity index (χ2n) is 6.67. The maximum Gasteiger partial charge on any atom is 0.266 e. The lowest BCUT2D eigenvalue weighted by molar-refractivity contribution is -0.120. The van der Waals surface area contributed by atoms with Gasteiger partial charge in [-0.2, -0.15) is 0 Å². The summed E-state index contributed by atoms with van der Waals surface area (Å²) in [5.74, 6) is 1.26. The summed E-state index contributed by atoms with van der Waals surface area (Å²) in [6.45, 7) is 6.47. The highest BCUT2D eigenvalue weighted by Gasteiger charge is 2.19. The number of pyridine rings is 1. The SMILES string of the molecule is Cc1cc(C)c(OCC(=O)N(Cc2ccccc2)c2ccccn2)c(C)c1. The Morgan fingerprint density at radius 3 is 2.26 bits per heavy atom. The van der Waals surface area contributed by atoms with Gasteiger partial charge in [-0.1, -0.05) is 54.1 Å². The lowest BCUT2D eigenvalue weighted by Gasteiger charge is -2.22. The third-order valence-electron chi connectivity index (χ3n) is 4.36. The van der Waals surface area contributed by atoms with E-state index < -0.39 is 0 Å². The number of carbonyl (C=O) groups excluding carboxylic acids is 1. The number of ether oxygens (including phenoxy) is 1. The molecule has 0 aliphatic carbocycles. The van der Waals surface area contributed by atoms with Crippen molar-refractivity contribution in [3.8, 4) is 5.75 Å². The average Bonchev–Trinajstić information content (AvgIpc) is 2.66. The predicted octanol–water partition coefficient (Wildman–Crippen LogP) is 4.62. The third-order valence-corrected chi connectivity index (χ3v) is 4.36. The van der Waals surface area contributed by atoms with Crippen LogP contribution >= 0.6 is 0 Å². The van der Waals surface area contributed by atoms with Crippen LogP contribution < -0.4 is 9.64 Å². The Kier molecular flexibility index (Phi) is 5.87. The van der Waals surface area contributed by atoms with Crippen LogP contribution in [-0.4, -0.2) is 17.5 Å². The standard InChI is InChI=1S/C23H24N2O2/c1-17-13-18(2)23(19(3)14-17)27-16-22(26)25(21-11-7-8-12-24-21)15-20-9-5-4-6-10-20/h4-14H,15-16H2,1-3H3. The highest BCUT2D eigenvalue weighted by Crippen LogP contribution is 2.25. The van der Waals surface area contributed by atoms with Gasteiger partial charge in [-0.3, -0.25) is 9.69 Å². The van der Waals surface area contributed by atoms with Gasteiger partial charge in [0.15, 0.2) is 6.61 Å². The van der Waals surface area contributed by atoms with Gasteiger partial charge in [0.2, 0.25) is 0 Å². The van der Waals surface area contributed by atoms with Gasteiger partial charge in [0, 0.05) is 6.20 Å².